The van der Waals surface area contributed by atoms with E-state index in [1.807, 2.05) is 35.1 Å². The highest BCUT2D eigenvalue weighted by Crippen LogP contribution is 2.29. The highest BCUT2D eigenvalue weighted by molar-refractivity contribution is 5.66. The number of oxazole rings is 1. The van der Waals surface area contributed by atoms with Crippen molar-refractivity contribution in [1.29, 1.82) is 0 Å². The number of aryl methyl sites for hydroxylation is 2. The van der Waals surface area contributed by atoms with Gasteiger partial charge in [0.05, 0.1) is 11.8 Å². The number of unbranched alkanes of at least 4 members (excludes halogenated alkanes) is 1. The fourth-order valence-corrected chi connectivity index (χ4v) is 3.28. The number of nitrogens with zero attached hydrogens (tertiary/aromatic N) is 4. The molecule has 2 heterocycles. The smallest absolute Gasteiger partial charge is 0.416 e. The summed E-state index contributed by atoms with van der Waals surface area (Å²) in [5.74, 6) is 1.08. The van der Waals surface area contributed by atoms with E-state index in [2.05, 4.69) is 15.3 Å². The first-order valence-corrected chi connectivity index (χ1v) is 10.8. The van der Waals surface area contributed by atoms with Crippen molar-refractivity contribution in [3.63, 3.8) is 0 Å². The molecule has 0 saturated heterocycles. The zero-order valence-electron chi connectivity index (χ0n) is 18.3. The standard InChI is InChI=1S/C25H23F3N4O2/c26-25(27,28)21-9-4-20(5-10-21)8-13-24-30-22(18-34-24)17-33-23-11-6-19(7-12-23)3-1-2-15-32-16-14-29-31-32/h4-14,16,18H,1-3,15,17H2/b13-8-. The summed E-state index contributed by atoms with van der Waals surface area (Å²) in [4.78, 5) is 4.32. The highest BCUT2D eigenvalue weighted by atomic mass is 19.4. The molecule has 0 amide bonds. The summed E-state index contributed by atoms with van der Waals surface area (Å²) in [5, 5.41) is 7.75. The Balaban J connectivity index is 1.21. The number of halogens is 3. The normalized spacial score (nSPS) is 11.9. The van der Waals surface area contributed by atoms with Crippen LogP contribution in [-0.4, -0.2) is 20.0 Å². The monoisotopic (exact) mass is 468 g/mol. The van der Waals surface area contributed by atoms with Crippen LogP contribution in [0.15, 0.2) is 71.6 Å². The van der Waals surface area contributed by atoms with Gasteiger partial charge in [0.25, 0.3) is 0 Å². The van der Waals surface area contributed by atoms with E-state index in [0.29, 0.717) is 17.1 Å². The van der Waals surface area contributed by atoms with Gasteiger partial charge in [-0.3, -0.25) is 4.68 Å². The van der Waals surface area contributed by atoms with Gasteiger partial charge in [-0.1, -0.05) is 29.5 Å². The maximum absolute atomic E-state index is 12.6. The van der Waals surface area contributed by atoms with Crippen LogP contribution in [0, 0.1) is 0 Å². The van der Waals surface area contributed by atoms with Crippen LogP contribution in [0.25, 0.3) is 12.2 Å². The molecule has 0 saturated carbocycles. The summed E-state index contributed by atoms with van der Waals surface area (Å²) in [6.07, 6.45) is 7.00. The number of rotatable bonds is 10. The molecule has 0 aliphatic carbocycles. The molecule has 4 aromatic rings. The molecule has 176 valence electrons. The lowest BCUT2D eigenvalue weighted by Gasteiger charge is -2.06. The molecule has 2 aromatic heterocycles. The molecule has 4 rings (SSSR count). The van der Waals surface area contributed by atoms with Crippen LogP contribution in [0.4, 0.5) is 13.2 Å². The SMILES string of the molecule is FC(F)(F)c1ccc(/C=C\c2nc(COc3ccc(CCCCn4ccnn4)cc3)co2)cc1. The van der Waals surface area contributed by atoms with Crippen LogP contribution in [0.2, 0.25) is 0 Å². The van der Waals surface area contributed by atoms with E-state index < -0.39 is 11.7 Å². The zero-order valence-corrected chi connectivity index (χ0v) is 18.3. The van der Waals surface area contributed by atoms with Crippen molar-refractivity contribution in [1.82, 2.24) is 20.0 Å². The van der Waals surface area contributed by atoms with Gasteiger partial charge < -0.3 is 9.15 Å². The van der Waals surface area contributed by atoms with Gasteiger partial charge in [0.2, 0.25) is 5.89 Å². The molecule has 0 radical (unpaired) electrons. The second-order valence-electron chi connectivity index (χ2n) is 7.69. The molecular weight excluding hydrogens is 445 g/mol. The van der Waals surface area contributed by atoms with Crippen molar-refractivity contribution in [3.05, 3.63) is 95.5 Å². The number of benzene rings is 2. The third-order valence-corrected chi connectivity index (χ3v) is 5.11. The summed E-state index contributed by atoms with van der Waals surface area (Å²) in [6.45, 7) is 1.11. The molecule has 0 aliphatic rings. The van der Waals surface area contributed by atoms with Crippen LogP contribution in [0.1, 0.15) is 41.1 Å². The van der Waals surface area contributed by atoms with Gasteiger partial charge in [-0.05, 0) is 60.7 Å². The van der Waals surface area contributed by atoms with Gasteiger partial charge in [-0.15, -0.1) is 5.10 Å². The third-order valence-electron chi connectivity index (χ3n) is 5.11. The Bertz CT molecular complexity index is 1180. The minimum Gasteiger partial charge on any atom is -0.487 e. The van der Waals surface area contributed by atoms with Gasteiger partial charge in [0.15, 0.2) is 0 Å². The first-order chi connectivity index (χ1) is 16.5. The lowest BCUT2D eigenvalue weighted by molar-refractivity contribution is -0.137. The predicted octanol–water partition coefficient (Wildman–Crippen LogP) is 6.06. The molecule has 0 N–H and O–H groups in total. The Hall–Kier alpha value is -3.88. The molecule has 0 fully saturated rings. The minimum absolute atomic E-state index is 0.245. The molecule has 2 aromatic carbocycles. The zero-order chi connectivity index (χ0) is 23.8. The molecule has 0 bridgehead atoms. The van der Waals surface area contributed by atoms with E-state index in [1.54, 1.807) is 18.3 Å². The average molecular weight is 468 g/mol. The average Bonchev–Trinajstić information content (AvgIpc) is 3.52. The Kier molecular flexibility index (Phi) is 7.41. The Labute approximate surface area is 194 Å². The van der Waals surface area contributed by atoms with Crippen molar-refractivity contribution >= 4 is 12.2 Å². The molecule has 0 aliphatic heterocycles. The largest absolute Gasteiger partial charge is 0.487 e. The van der Waals surface area contributed by atoms with Gasteiger partial charge in [-0.25, -0.2) is 4.98 Å². The van der Waals surface area contributed by atoms with Gasteiger partial charge in [0, 0.05) is 18.8 Å². The van der Waals surface area contributed by atoms with Crippen LogP contribution in [0.5, 0.6) is 5.75 Å². The van der Waals surface area contributed by atoms with E-state index in [0.717, 1.165) is 43.7 Å². The lowest BCUT2D eigenvalue weighted by Crippen LogP contribution is -2.03. The number of aromatic nitrogens is 4. The van der Waals surface area contributed by atoms with Crippen molar-refractivity contribution in [2.45, 2.75) is 38.6 Å². The molecule has 0 unspecified atom stereocenters. The third kappa shape index (κ3) is 6.81. The van der Waals surface area contributed by atoms with Gasteiger partial charge in [-0.2, -0.15) is 13.2 Å². The summed E-state index contributed by atoms with van der Waals surface area (Å²) < 4.78 is 50.9. The highest BCUT2D eigenvalue weighted by Gasteiger charge is 2.29. The number of alkyl halides is 3. The maximum Gasteiger partial charge on any atom is 0.416 e. The number of hydrogen-bond donors (Lipinski definition) is 0. The molecular formula is C25H23F3N4O2. The first kappa shape index (κ1) is 23.3. The van der Waals surface area contributed by atoms with E-state index in [-0.39, 0.29) is 6.61 Å². The molecule has 34 heavy (non-hydrogen) atoms. The Morgan fingerprint density at radius 3 is 2.47 bits per heavy atom. The summed E-state index contributed by atoms with van der Waals surface area (Å²) in [6, 6.07) is 12.8. The van der Waals surface area contributed by atoms with E-state index in [4.69, 9.17) is 9.15 Å². The number of ether oxygens (including phenoxy) is 1. The van der Waals surface area contributed by atoms with Crippen LogP contribution >= 0.6 is 0 Å². The second kappa shape index (κ2) is 10.8. The van der Waals surface area contributed by atoms with Gasteiger partial charge in [0.1, 0.15) is 24.3 Å². The summed E-state index contributed by atoms with van der Waals surface area (Å²) in [7, 11) is 0. The molecule has 9 heteroatoms. The quantitative estimate of drug-likeness (QED) is 0.265. The van der Waals surface area contributed by atoms with Crippen molar-refractivity contribution in [2.24, 2.45) is 0 Å². The Morgan fingerprint density at radius 2 is 1.76 bits per heavy atom. The van der Waals surface area contributed by atoms with Gasteiger partial charge >= 0.3 is 6.18 Å². The van der Waals surface area contributed by atoms with Crippen LogP contribution in [0.3, 0.4) is 0 Å². The van der Waals surface area contributed by atoms with Crippen molar-refractivity contribution < 1.29 is 22.3 Å². The second-order valence-corrected chi connectivity index (χ2v) is 7.69. The van der Waals surface area contributed by atoms with Crippen molar-refractivity contribution in [3.8, 4) is 5.75 Å². The molecule has 0 atom stereocenters. The molecule has 0 spiro atoms. The van der Waals surface area contributed by atoms with E-state index in [1.165, 1.54) is 24.0 Å². The predicted molar refractivity (Wildman–Crippen MR) is 121 cm³/mol. The molecule has 6 nitrogen and oxygen atoms in total. The fourth-order valence-electron chi connectivity index (χ4n) is 3.28. The first-order valence-electron chi connectivity index (χ1n) is 10.8. The summed E-state index contributed by atoms with van der Waals surface area (Å²) in [5.41, 5.74) is 1.78. The van der Waals surface area contributed by atoms with E-state index >= 15 is 0 Å². The van der Waals surface area contributed by atoms with Crippen molar-refractivity contribution in [2.75, 3.05) is 0 Å². The minimum atomic E-state index is -4.35. The topological polar surface area (TPSA) is 66.0 Å². The Morgan fingerprint density at radius 1 is 0.971 bits per heavy atom. The fraction of sp³-hybridized carbons (Fsp3) is 0.240. The van der Waals surface area contributed by atoms with Crippen LogP contribution < -0.4 is 4.74 Å². The van der Waals surface area contributed by atoms with E-state index in [9.17, 15) is 13.2 Å². The summed E-state index contributed by atoms with van der Waals surface area (Å²) >= 11 is 0. The maximum atomic E-state index is 12.6. The van der Waals surface area contributed by atoms with Crippen LogP contribution in [-0.2, 0) is 25.7 Å². The number of hydrogen-bond acceptors (Lipinski definition) is 5. The lowest BCUT2D eigenvalue weighted by atomic mass is 10.1.